The van der Waals surface area contributed by atoms with Crippen LogP contribution < -0.4 is 20.3 Å². The van der Waals surface area contributed by atoms with Crippen molar-refractivity contribution in [3.8, 4) is 5.75 Å². The number of benzene rings is 2. The molecule has 0 atom stereocenters. The van der Waals surface area contributed by atoms with Crippen molar-refractivity contribution in [3.63, 3.8) is 0 Å². The number of H-pyrrole nitrogens is 1. The van der Waals surface area contributed by atoms with Crippen LogP contribution in [0.1, 0.15) is 36.2 Å². The summed E-state index contributed by atoms with van der Waals surface area (Å²) in [5.74, 6) is 2.78. The van der Waals surface area contributed by atoms with E-state index in [2.05, 4.69) is 21.7 Å². The molecule has 0 unspecified atom stereocenters. The number of fused-ring (bicyclic) bond motifs is 2. The van der Waals surface area contributed by atoms with E-state index in [1.807, 2.05) is 61.5 Å². The van der Waals surface area contributed by atoms with Crippen LogP contribution in [0.2, 0.25) is 0 Å². The van der Waals surface area contributed by atoms with Crippen molar-refractivity contribution < 1.29 is 9.53 Å². The van der Waals surface area contributed by atoms with Crippen LogP contribution >= 0.6 is 0 Å². The maximum atomic E-state index is 12.7. The third-order valence-corrected chi connectivity index (χ3v) is 6.81. The lowest BCUT2D eigenvalue weighted by Gasteiger charge is -2.29. The van der Waals surface area contributed by atoms with E-state index in [4.69, 9.17) is 14.7 Å². The number of nitrogens with zero attached hydrogens (tertiary/aromatic N) is 3. The molecule has 1 aliphatic carbocycles. The number of amides is 1. The van der Waals surface area contributed by atoms with Gasteiger partial charge in [0.05, 0.1) is 12.6 Å². The topological polar surface area (TPSA) is 95.2 Å². The van der Waals surface area contributed by atoms with E-state index in [0.29, 0.717) is 30.1 Å². The van der Waals surface area contributed by atoms with Gasteiger partial charge in [0.15, 0.2) is 0 Å². The van der Waals surface area contributed by atoms with Gasteiger partial charge >= 0.3 is 0 Å². The molecule has 1 fully saturated rings. The second-order valence-electron chi connectivity index (χ2n) is 9.49. The van der Waals surface area contributed by atoms with Crippen LogP contribution in [0.3, 0.4) is 0 Å². The van der Waals surface area contributed by atoms with Gasteiger partial charge in [0, 0.05) is 43.0 Å². The molecule has 182 valence electrons. The fraction of sp³-hybridized carbons (Fsp3) is 0.370. The van der Waals surface area contributed by atoms with Crippen LogP contribution in [0.4, 0.5) is 11.8 Å². The molecule has 0 radical (unpaired) electrons. The van der Waals surface area contributed by atoms with Gasteiger partial charge in [-0.3, -0.25) is 4.79 Å². The molecule has 3 N–H and O–H groups in total. The number of anilines is 2. The predicted octanol–water partition coefficient (Wildman–Crippen LogP) is 4.59. The quantitative estimate of drug-likeness (QED) is 0.364. The van der Waals surface area contributed by atoms with E-state index in [9.17, 15) is 4.79 Å². The summed E-state index contributed by atoms with van der Waals surface area (Å²) in [5.41, 5.74) is 2.45. The number of hydrogen-bond acceptors (Lipinski definition) is 6. The molecular formula is C27H32N6O2. The van der Waals surface area contributed by atoms with Crippen LogP contribution in [-0.4, -0.2) is 54.7 Å². The highest BCUT2D eigenvalue weighted by Crippen LogP contribution is 2.28. The Kier molecular flexibility index (Phi) is 6.44. The number of nitrogens with one attached hydrogen (secondary N) is 3. The first kappa shape index (κ1) is 23.0. The summed E-state index contributed by atoms with van der Waals surface area (Å²) in [7, 11) is 5.65. The number of carbonyl (C=O) groups is 1. The molecule has 8 nitrogen and oxygen atoms in total. The number of methoxy groups -OCH3 is 1. The van der Waals surface area contributed by atoms with Gasteiger partial charge in [0.25, 0.3) is 5.91 Å². The number of aromatic nitrogens is 3. The molecule has 5 rings (SSSR count). The summed E-state index contributed by atoms with van der Waals surface area (Å²) in [5, 5.41) is 8.68. The van der Waals surface area contributed by atoms with Crippen molar-refractivity contribution in [3.05, 3.63) is 54.2 Å². The van der Waals surface area contributed by atoms with Crippen molar-refractivity contribution in [1.82, 2.24) is 20.3 Å². The predicted molar refractivity (Wildman–Crippen MR) is 140 cm³/mol. The zero-order valence-electron chi connectivity index (χ0n) is 20.5. The first-order chi connectivity index (χ1) is 17.0. The summed E-state index contributed by atoms with van der Waals surface area (Å²) in [6, 6.07) is 16.1. The standard InChI is InChI=1S/C27H32N6O2/c1-33(2)25-21-6-4-5-7-23(21)31-27(32-25)29-19-10-8-17(9-11-19)16-28-26(34)24-15-18-14-20(35-3)12-13-22(18)30-24/h4-7,12-15,17,19,30H,8-11,16H2,1-3H3,(H,28,34)(H,29,31,32). The van der Waals surface area contributed by atoms with Crippen LogP contribution in [0.25, 0.3) is 21.8 Å². The Bertz CT molecular complexity index is 1340. The summed E-state index contributed by atoms with van der Waals surface area (Å²) in [6.45, 7) is 0.682. The Morgan fingerprint density at radius 1 is 1.09 bits per heavy atom. The average Bonchev–Trinajstić information content (AvgIpc) is 3.31. The zero-order chi connectivity index (χ0) is 24.4. The first-order valence-electron chi connectivity index (χ1n) is 12.2. The van der Waals surface area contributed by atoms with E-state index < -0.39 is 0 Å². The molecule has 1 amide bonds. The molecule has 0 saturated heterocycles. The number of para-hydroxylation sites is 1. The second kappa shape index (κ2) is 9.82. The second-order valence-corrected chi connectivity index (χ2v) is 9.49. The highest BCUT2D eigenvalue weighted by Gasteiger charge is 2.23. The minimum Gasteiger partial charge on any atom is -0.497 e. The summed E-state index contributed by atoms with van der Waals surface area (Å²) >= 11 is 0. The lowest BCUT2D eigenvalue weighted by molar-refractivity contribution is 0.0939. The summed E-state index contributed by atoms with van der Waals surface area (Å²) in [6.07, 6.45) is 4.16. The Morgan fingerprint density at radius 2 is 1.89 bits per heavy atom. The van der Waals surface area contributed by atoms with Crippen LogP contribution in [-0.2, 0) is 0 Å². The Morgan fingerprint density at radius 3 is 2.66 bits per heavy atom. The lowest BCUT2D eigenvalue weighted by Crippen LogP contribution is -2.34. The third kappa shape index (κ3) is 5.01. The number of aromatic amines is 1. The Balaban J connectivity index is 1.15. The molecule has 0 bridgehead atoms. The highest BCUT2D eigenvalue weighted by molar-refractivity contribution is 5.98. The first-order valence-corrected chi connectivity index (χ1v) is 12.2. The van der Waals surface area contributed by atoms with Crippen LogP contribution in [0.5, 0.6) is 5.75 Å². The SMILES string of the molecule is COc1ccc2[nH]c(C(=O)NCC3CCC(Nc4nc(N(C)C)c5ccccc5n4)CC3)cc2c1. The Labute approximate surface area is 205 Å². The van der Waals surface area contributed by atoms with Crippen LogP contribution in [0.15, 0.2) is 48.5 Å². The van der Waals surface area contributed by atoms with Gasteiger partial charge in [-0.25, -0.2) is 4.98 Å². The highest BCUT2D eigenvalue weighted by atomic mass is 16.5. The summed E-state index contributed by atoms with van der Waals surface area (Å²) < 4.78 is 5.27. The van der Waals surface area contributed by atoms with Crippen molar-refractivity contribution in [1.29, 1.82) is 0 Å². The van der Waals surface area contributed by atoms with Gasteiger partial charge in [-0.2, -0.15) is 4.98 Å². The maximum absolute atomic E-state index is 12.7. The molecule has 4 aromatic rings. The van der Waals surface area contributed by atoms with Crippen molar-refractivity contribution >= 4 is 39.5 Å². The van der Waals surface area contributed by atoms with E-state index in [0.717, 1.165) is 59.1 Å². The third-order valence-electron chi connectivity index (χ3n) is 6.81. The zero-order valence-corrected chi connectivity index (χ0v) is 20.5. The number of ether oxygens (including phenoxy) is 1. The van der Waals surface area contributed by atoms with Crippen molar-refractivity contribution in [2.45, 2.75) is 31.7 Å². The molecule has 35 heavy (non-hydrogen) atoms. The molecule has 1 aliphatic rings. The van der Waals surface area contributed by atoms with Gasteiger partial charge in [-0.15, -0.1) is 0 Å². The monoisotopic (exact) mass is 472 g/mol. The van der Waals surface area contributed by atoms with Gasteiger partial charge in [-0.05, 0) is 68.0 Å². The van der Waals surface area contributed by atoms with Gasteiger partial charge < -0.3 is 25.3 Å². The number of hydrogen-bond donors (Lipinski definition) is 3. The lowest BCUT2D eigenvalue weighted by atomic mass is 9.86. The smallest absolute Gasteiger partial charge is 0.267 e. The van der Waals surface area contributed by atoms with Gasteiger partial charge in [0.1, 0.15) is 17.3 Å². The number of carbonyl (C=O) groups excluding carboxylic acids is 1. The molecule has 8 heteroatoms. The van der Waals surface area contributed by atoms with Crippen molar-refractivity contribution in [2.75, 3.05) is 38.0 Å². The van der Waals surface area contributed by atoms with Crippen LogP contribution in [0, 0.1) is 5.92 Å². The molecule has 2 heterocycles. The molecule has 2 aromatic heterocycles. The van der Waals surface area contributed by atoms with E-state index >= 15 is 0 Å². The maximum Gasteiger partial charge on any atom is 0.267 e. The molecule has 2 aromatic carbocycles. The average molecular weight is 473 g/mol. The summed E-state index contributed by atoms with van der Waals surface area (Å²) in [4.78, 5) is 27.4. The largest absolute Gasteiger partial charge is 0.497 e. The van der Waals surface area contributed by atoms with Gasteiger partial charge in [0.2, 0.25) is 5.95 Å². The molecular weight excluding hydrogens is 440 g/mol. The molecule has 1 saturated carbocycles. The fourth-order valence-corrected chi connectivity index (χ4v) is 4.85. The molecule has 0 spiro atoms. The number of rotatable bonds is 7. The van der Waals surface area contributed by atoms with Gasteiger partial charge in [-0.1, -0.05) is 12.1 Å². The van der Waals surface area contributed by atoms with E-state index in [1.54, 1.807) is 7.11 Å². The normalized spacial score (nSPS) is 17.9. The Hall–Kier alpha value is -3.81. The van der Waals surface area contributed by atoms with Crippen molar-refractivity contribution in [2.24, 2.45) is 5.92 Å². The minimum atomic E-state index is -0.0683. The van der Waals surface area contributed by atoms with E-state index in [-0.39, 0.29) is 5.91 Å². The van der Waals surface area contributed by atoms with E-state index in [1.165, 1.54) is 0 Å². The molecule has 0 aliphatic heterocycles. The minimum absolute atomic E-state index is 0.0683. The fourth-order valence-electron chi connectivity index (χ4n) is 4.85.